The number of halogens is 1. The number of aromatic nitrogens is 1. The summed E-state index contributed by atoms with van der Waals surface area (Å²) in [5, 5.41) is 12.1. The number of hydrogen-bond acceptors (Lipinski definition) is 4. The highest BCUT2D eigenvalue weighted by molar-refractivity contribution is 9.10. The smallest absolute Gasteiger partial charge is 0.123 e. The van der Waals surface area contributed by atoms with Crippen molar-refractivity contribution in [2.24, 2.45) is 5.73 Å². The van der Waals surface area contributed by atoms with E-state index in [9.17, 15) is 5.11 Å². The molecule has 0 saturated carbocycles. The van der Waals surface area contributed by atoms with Crippen molar-refractivity contribution in [2.75, 3.05) is 6.54 Å². The molecule has 0 aliphatic carbocycles. The van der Waals surface area contributed by atoms with Crippen molar-refractivity contribution in [1.82, 2.24) is 4.98 Å². The monoisotopic (exact) mass is 298 g/mol. The van der Waals surface area contributed by atoms with Crippen molar-refractivity contribution >= 4 is 27.3 Å². The molecule has 0 amide bonds. The van der Waals surface area contributed by atoms with Crippen LogP contribution in [0.2, 0.25) is 0 Å². The molecule has 1 atom stereocenters. The molecule has 2 aromatic rings. The minimum absolute atomic E-state index is 0.200. The maximum Gasteiger partial charge on any atom is 0.123 e. The summed E-state index contributed by atoms with van der Waals surface area (Å²) >= 11 is 4.84. The first-order valence-corrected chi connectivity index (χ1v) is 6.47. The lowest BCUT2D eigenvalue weighted by Crippen LogP contribution is -2.10. The van der Waals surface area contributed by atoms with Gasteiger partial charge in [0.15, 0.2) is 0 Å². The lowest BCUT2D eigenvalue weighted by atomic mass is 10.2. The number of thiazole rings is 1. The van der Waals surface area contributed by atoms with Gasteiger partial charge in [-0.1, -0.05) is 28.1 Å². The van der Waals surface area contributed by atoms with E-state index in [0.717, 1.165) is 15.7 Å². The molecule has 1 unspecified atom stereocenters. The van der Waals surface area contributed by atoms with Crippen LogP contribution in [0.1, 0.15) is 11.1 Å². The summed E-state index contributed by atoms with van der Waals surface area (Å²) < 4.78 is 1.01. The number of hydrogen-bond donors (Lipinski definition) is 2. The van der Waals surface area contributed by atoms with Gasteiger partial charge in [0.2, 0.25) is 0 Å². The number of benzene rings is 1. The second-order valence-corrected chi connectivity index (χ2v) is 5.14. The molecule has 1 aromatic heterocycles. The van der Waals surface area contributed by atoms with E-state index < -0.39 is 6.10 Å². The van der Waals surface area contributed by atoms with Gasteiger partial charge < -0.3 is 10.8 Å². The van der Waals surface area contributed by atoms with Crippen molar-refractivity contribution in [1.29, 1.82) is 0 Å². The maximum absolute atomic E-state index is 9.56. The number of nitrogens with two attached hydrogens (primary N) is 1. The summed E-state index contributed by atoms with van der Waals surface area (Å²) in [7, 11) is 0. The summed E-state index contributed by atoms with van der Waals surface area (Å²) in [6, 6.07) is 7.90. The van der Waals surface area contributed by atoms with Crippen LogP contribution in [-0.2, 0) is 0 Å². The number of rotatable bonds is 3. The predicted octanol–water partition coefficient (Wildman–Crippen LogP) is 2.56. The van der Waals surface area contributed by atoms with Crippen LogP contribution in [0, 0.1) is 0 Å². The first kappa shape index (κ1) is 11.7. The standard InChI is InChI=1S/C11H11BrN2OS/c12-8-3-1-2-7(4-8)9-6-16-11(14-9)10(15)5-13/h1-4,6,10,15H,5,13H2. The Morgan fingerprint density at radius 3 is 3.00 bits per heavy atom. The van der Waals surface area contributed by atoms with Crippen LogP contribution in [0.25, 0.3) is 11.3 Å². The average molecular weight is 299 g/mol. The van der Waals surface area contributed by atoms with Crippen LogP contribution in [0.15, 0.2) is 34.1 Å². The van der Waals surface area contributed by atoms with Crippen molar-refractivity contribution < 1.29 is 5.11 Å². The quantitative estimate of drug-likeness (QED) is 0.915. The lowest BCUT2D eigenvalue weighted by molar-refractivity contribution is 0.186. The topological polar surface area (TPSA) is 59.1 Å². The zero-order valence-electron chi connectivity index (χ0n) is 8.43. The van der Waals surface area contributed by atoms with Crippen molar-refractivity contribution in [3.63, 3.8) is 0 Å². The lowest BCUT2D eigenvalue weighted by Gasteiger charge is -2.01. The Hall–Kier alpha value is -0.750. The summed E-state index contributed by atoms with van der Waals surface area (Å²) in [6.45, 7) is 0.200. The van der Waals surface area contributed by atoms with Crippen LogP contribution in [0.5, 0.6) is 0 Å². The van der Waals surface area contributed by atoms with Crippen LogP contribution in [0.3, 0.4) is 0 Å². The molecular formula is C11H11BrN2OS. The maximum atomic E-state index is 9.56. The minimum Gasteiger partial charge on any atom is -0.385 e. The molecule has 0 saturated heterocycles. The predicted molar refractivity (Wildman–Crippen MR) is 69.3 cm³/mol. The Kier molecular flexibility index (Phi) is 3.70. The molecule has 1 heterocycles. The zero-order chi connectivity index (χ0) is 11.5. The molecule has 0 aliphatic heterocycles. The molecule has 5 heteroatoms. The Morgan fingerprint density at radius 2 is 2.31 bits per heavy atom. The van der Waals surface area contributed by atoms with Gasteiger partial charge in [-0.3, -0.25) is 0 Å². The fourth-order valence-electron chi connectivity index (χ4n) is 1.32. The Labute approximate surface area is 106 Å². The molecule has 0 bridgehead atoms. The van der Waals surface area contributed by atoms with Gasteiger partial charge in [-0.05, 0) is 12.1 Å². The fourth-order valence-corrected chi connectivity index (χ4v) is 2.55. The van der Waals surface area contributed by atoms with E-state index in [-0.39, 0.29) is 6.54 Å². The van der Waals surface area contributed by atoms with Gasteiger partial charge in [0, 0.05) is 22.0 Å². The highest BCUT2D eigenvalue weighted by Crippen LogP contribution is 2.26. The van der Waals surface area contributed by atoms with Gasteiger partial charge in [-0.15, -0.1) is 11.3 Å². The molecule has 0 spiro atoms. The fraction of sp³-hybridized carbons (Fsp3) is 0.182. The van der Waals surface area contributed by atoms with Crippen molar-refractivity contribution in [3.8, 4) is 11.3 Å². The summed E-state index contributed by atoms with van der Waals surface area (Å²) in [5.41, 5.74) is 7.28. The van der Waals surface area contributed by atoms with Crippen LogP contribution >= 0.6 is 27.3 Å². The largest absolute Gasteiger partial charge is 0.385 e. The first-order chi connectivity index (χ1) is 7.70. The molecule has 16 heavy (non-hydrogen) atoms. The van der Waals surface area contributed by atoms with E-state index in [0.29, 0.717) is 5.01 Å². The van der Waals surface area contributed by atoms with E-state index >= 15 is 0 Å². The highest BCUT2D eigenvalue weighted by Gasteiger charge is 2.11. The van der Waals surface area contributed by atoms with Crippen LogP contribution in [0.4, 0.5) is 0 Å². The van der Waals surface area contributed by atoms with Gasteiger partial charge in [-0.25, -0.2) is 4.98 Å². The first-order valence-electron chi connectivity index (χ1n) is 4.80. The van der Waals surface area contributed by atoms with E-state index in [1.165, 1.54) is 11.3 Å². The van der Waals surface area contributed by atoms with Gasteiger partial charge in [0.05, 0.1) is 5.69 Å². The molecule has 84 valence electrons. The normalized spacial score (nSPS) is 12.7. The molecule has 2 rings (SSSR count). The molecule has 3 N–H and O–H groups in total. The summed E-state index contributed by atoms with van der Waals surface area (Å²) in [5.74, 6) is 0. The summed E-state index contributed by atoms with van der Waals surface area (Å²) in [4.78, 5) is 4.36. The third-order valence-corrected chi connectivity index (χ3v) is 3.59. The van der Waals surface area contributed by atoms with E-state index in [1.54, 1.807) is 0 Å². The van der Waals surface area contributed by atoms with E-state index in [1.807, 2.05) is 29.6 Å². The molecule has 0 aliphatic rings. The average Bonchev–Trinajstić information content (AvgIpc) is 2.77. The van der Waals surface area contributed by atoms with Gasteiger partial charge >= 0.3 is 0 Å². The number of aliphatic hydroxyl groups excluding tert-OH is 1. The molecule has 3 nitrogen and oxygen atoms in total. The Balaban J connectivity index is 2.31. The van der Waals surface area contributed by atoms with Crippen LogP contribution < -0.4 is 5.73 Å². The second-order valence-electron chi connectivity index (χ2n) is 3.33. The van der Waals surface area contributed by atoms with Crippen molar-refractivity contribution in [2.45, 2.75) is 6.10 Å². The minimum atomic E-state index is -0.661. The van der Waals surface area contributed by atoms with Crippen molar-refractivity contribution in [3.05, 3.63) is 39.1 Å². The SMILES string of the molecule is NCC(O)c1nc(-c2cccc(Br)c2)cs1. The van der Waals surface area contributed by atoms with E-state index in [2.05, 4.69) is 20.9 Å². The third-order valence-electron chi connectivity index (χ3n) is 2.15. The van der Waals surface area contributed by atoms with Gasteiger partial charge in [0.25, 0.3) is 0 Å². The van der Waals surface area contributed by atoms with Crippen LogP contribution in [-0.4, -0.2) is 16.6 Å². The zero-order valence-corrected chi connectivity index (χ0v) is 10.8. The molecule has 0 fully saturated rings. The molecule has 0 radical (unpaired) electrons. The number of nitrogens with zero attached hydrogens (tertiary/aromatic N) is 1. The Bertz CT molecular complexity index is 486. The summed E-state index contributed by atoms with van der Waals surface area (Å²) in [6.07, 6.45) is -0.661. The third kappa shape index (κ3) is 2.49. The van der Waals surface area contributed by atoms with Gasteiger partial charge in [0.1, 0.15) is 11.1 Å². The molecular weight excluding hydrogens is 288 g/mol. The Morgan fingerprint density at radius 1 is 1.50 bits per heavy atom. The van der Waals surface area contributed by atoms with E-state index in [4.69, 9.17) is 5.73 Å². The number of aliphatic hydroxyl groups is 1. The highest BCUT2D eigenvalue weighted by atomic mass is 79.9. The van der Waals surface area contributed by atoms with Gasteiger partial charge in [-0.2, -0.15) is 0 Å². The second kappa shape index (κ2) is 5.05. The molecule has 1 aromatic carbocycles.